The number of nitrogens with zero attached hydrogens (tertiary/aromatic N) is 3. The molecule has 1 aliphatic heterocycles. The van der Waals surface area contributed by atoms with Gasteiger partial charge < -0.3 is 10.6 Å². The first-order valence-corrected chi connectivity index (χ1v) is 12.7. The number of piperidine rings is 1. The lowest BCUT2D eigenvalue weighted by Gasteiger charge is -2.38. The molecule has 1 aliphatic rings. The molecule has 35 heavy (non-hydrogen) atoms. The van der Waals surface area contributed by atoms with Crippen molar-refractivity contribution < 1.29 is 26.8 Å². The van der Waals surface area contributed by atoms with E-state index in [0.29, 0.717) is 5.69 Å². The number of aromatic nitrogens is 2. The third-order valence-electron chi connectivity index (χ3n) is 5.60. The molecular weight excluding hydrogens is 480 g/mol. The molecule has 1 fully saturated rings. The van der Waals surface area contributed by atoms with Gasteiger partial charge in [0.25, 0.3) is 5.92 Å². The summed E-state index contributed by atoms with van der Waals surface area (Å²) in [6, 6.07) is 7.97. The Hall–Kier alpha value is -2.99. The van der Waals surface area contributed by atoms with E-state index in [4.69, 9.17) is 0 Å². The van der Waals surface area contributed by atoms with Crippen LogP contribution in [0.1, 0.15) is 38.8 Å². The SMILES string of the molecule is CC(C)CC(NC(=O)C1CC(F)(F)CCN1S(=O)(=O)c1ccccc1)C(=O)NCc1cccnn1. The predicted octanol–water partition coefficient (Wildman–Crippen LogP) is 2.11. The van der Waals surface area contributed by atoms with Crippen LogP contribution in [0.3, 0.4) is 0 Å². The Morgan fingerprint density at radius 2 is 1.89 bits per heavy atom. The smallest absolute Gasteiger partial charge is 0.251 e. The average Bonchev–Trinajstić information content (AvgIpc) is 2.82. The number of rotatable bonds is 9. The van der Waals surface area contributed by atoms with Gasteiger partial charge in [0, 0.05) is 25.6 Å². The summed E-state index contributed by atoms with van der Waals surface area (Å²) in [5, 5.41) is 12.8. The van der Waals surface area contributed by atoms with E-state index in [1.54, 1.807) is 18.2 Å². The van der Waals surface area contributed by atoms with Crippen molar-refractivity contribution in [1.82, 2.24) is 25.1 Å². The Balaban J connectivity index is 1.80. The Labute approximate surface area is 203 Å². The first-order chi connectivity index (χ1) is 16.5. The lowest BCUT2D eigenvalue weighted by Crippen LogP contribution is -2.59. The normalized spacial score (nSPS) is 19.2. The molecule has 0 spiro atoms. The van der Waals surface area contributed by atoms with Crippen molar-refractivity contribution in [2.45, 2.75) is 62.6 Å². The second-order valence-electron chi connectivity index (χ2n) is 8.88. The van der Waals surface area contributed by atoms with Crippen LogP contribution in [-0.2, 0) is 26.2 Å². The molecule has 190 valence electrons. The number of nitrogens with one attached hydrogen (secondary N) is 2. The summed E-state index contributed by atoms with van der Waals surface area (Å²) < 4.78 is 55.8. The second-order valence-corrected chi connectivity index (χ2v) is 10.8. The van der Waals surface area contributed by atoms with Crippen molar-refractivity contribution in [2.24, 2.45) is 5.92 Å². The van der Waals surface area contributed by atoms with Gasteiger partial charge in [-0.25, -0.2) is 17.2 Å². The van der Waals surface area contributed by atoms with Gasteiger partial charge in [-0.3, -0.25) is 9.59 Å². The molecule has 0 aliphatic carbocycles. The average molecular weight is 510 g/mol. The number of hydrogen-bond acceptors (Lipinski definition) is 6. The van der Waals surface area contributed by atoms with Gasteiger partial charge >= 0.3 is 0 Å². The van der Waals surface area contributed by atoms with Crippen LogP contribution in [-0.4, -0.2) is 59.3 Å². The molecule has 3 rings (SSSR count). The van der Waals surface area contributed by atoms with Crippen LogP contribution in [0, 0.1) is 5.92 Å². The van der Waals surface area contributed by atoms with Gasteiger partial charge in [0.15, 0.2) is 0 Å². The van der Waals surface area contributed by atoms with Gasteiger partial charge in [-0.2, -0.15) is 14.5 Å². The third kappa shape index (κ3) is 7.01. The maximum Gasteiger partial charge on any atom is 0.251 e. The molecule has 2 unspecified atom stereocenters. The van der Waals surface area contributed by atoms with Crippen molar-refractivity contribution >= 4 is 21.8 Å². The highest BCUT2D eigenvalue weighted by Crippen LogP contribution is 2.35. The lowest BCUT2D eigenvalue weighted by molar-refractivity contribution is -0.136. The fourth-order valence-electron chi connectivity index (χ4n) is 3.85. The molecule has 1 aromatic heterocycles. The summed E-state index contributed by atoms with van der Waals surface area (Å²) in [7, 11) is -4.21. The maximum absolute atomic E-state index is 14.3. The Kier molecular flexibility index (Phi) is 8.49. The molecule has 0 radical (unpaired) electrons. The lowest BCUT2D eigenvalue weighted by atomic mass is 9.98. The van der Waals surface area contributed by atoms with Gasteiger partial charge in [-0.05, 0) is 36.6 Å². The van der Waals surface area contributed by atoms with Crippen LogP contribution < -0.4 is 10.6 Å². The second kappa shape index (κ2) is 11.2. The zero-order chi connectivity index (χ0) is 25.6. The van der Waals surface area contributed by atoms with Crippen molar-refractivity contribution in [3.63, 3.8) is 0 Å². The first-order valence-electron chi connectivity index (χ1n) is 11.3. The van der Waals surface area contributed by atoms with Gasteiger partial charge in [-0.1, -0.05) is 32.0 Å². The molecule has 12 heteroatoms. The number of carbonyl (C=O) groups excluding carboxylic acids is 2. The van der Waals surface area contributed by atoms with E-state index in [9.17, 15) is 26.8 Å². The third-order valence-corrected chi connectivity index (χ3v) is 7.52. The molecular formula is C23H29F2N5O4S. The highest BCUT2D eigenvalue weighted by molar-refractivity contribution is 7.89. The van der Waals surface area contributed by atoms with Gasteiger partial charge in [0.1, 0.15) is 12.1 Å². The number of amides is 2. The highest BCUT2D eigenvalue weighted by Gasteiger charge is 2.48. The van der Waals surface area contributed by atoms with E-state index in [-0.39, 0.29) is 23.8 Å². The predicted molar refractivity (Wildman–Crippen MR) is 124 cm³/mol. The van der Waals surface area contributed by atoms with Gasteiger partial charge in [0.2, 0.25) is 21.8 Å². The van der Waals surface area contributed by atoms with Crippen molar-refractivity contribution in [3.05, 3.63) is 54.4 Å². The molecule has 2 atom stereocenters. The largest absolute Gasteiger partial charge is 0.349 e. The minimum Gasteiger partial charge on any atom is -0.349 e. The van der Waals surface area contributed by atoms with Crippen LogP contribution in [0.4, 0.5) is 8.78 Å². The van der Waals surface area contributed by atoms with Crippen LogP contribution in [0.5, 0.6) is 0 Å². The first kappa shape index (κ1) is 26.6. The van der Waals surface area contributed by atoms with Crippen LogP contribution >= 0.6 is 0 Å². The zero-order valence-electron chi connectivity index (χ0n) is 19.5. The minimum absolute atomic E-state index is 0.0143. The molecule has 1 aromatic carbocycles. The number of alkyl halides is 2. The fourth-order valence-corrected chi connectivity index (χ4v) is 5.46. The molecule has 2 amide bonds. The molecule has 0 saturated carbocycles. The van der Waals surface area contributed by atoms with Gasteiger partial charge in [-0.15, -0.1) is 0 Å². The van der Waals surface area contributed by atoms with E-state index in [0.717, 1.165) is 4.31 Å². The van der Waals surface area contributed by atoms with Crippen LogP contribution in [0.15, 0.2) is 53.6 Å². The molecule has 2 heterocycles. The Morgan fingerprint density at radius 3 is 2.51 bits per heavy atom. The summed E-state index contributed by atoms with van der Waals surface area (Å²) in [6.07, 6.45) is 0.0479. The Morgan fingerprint density at radius 1 is 1.17 bits per heavy atom. The summed E-state index contributed by atoms with van der Waals surface area (Å²) in [6.45, 7) is 3.23. The zero-order valence-corrected chi connectivity index (χ0v) is 20.3. The summed E-state index contributed by atoms with van der Waals surface area (Å²) >= 11 is 0. The monoisotopic (exact) mass is 509 g/mol. The summed E-state index contributed by atoms with van der Waals surface area (Å²) in [5.74, 6) is -4.70. The number of sulfonamides is 1. The summed E-state index contributed by atoms with van der Waals surface area (Å²) in [4.78, 5) is 25.9. The molecule has 9 nitrogen and oxygen atoms in total. The summed E-state index contributed by atoms with van der Waals surface area (Å²) in [5.41, 5.74) is 0.502. The van der Waals surface area contributed by atoms with Crippen molar-refractivity contribution in [2.75, 3.05) is 6.54 Å². The quantitative estimate of drug-likeness (QED) is 0.534. The van der Waals surface area contributed by atoms with Gasteiger partial charge in [0.05, 0.1) is 17.1 Å². The Bertz CT molecular complexity index is 1120. The highest BCUT2D eigenvalue weighted by atomic mass is 32.2. The number of halogens is 2. The molecule has 1 saturated heterocycles. The minimum atomic E-state index is -4.21. The van der Waals surface area contributed by atoms with E-state index in [2.05, 4.69) is 20.8 Å². The number of carbonyl (C=O) groups is 2. The number of hydrogen-bond donors (Lipinski definition) is 2. The van der Waals surface area contributed by atoms with Crippen LogP contribution in [0.25, 0.3) is 0 Å². The van der Waals surface area contributed by atoms with E-state index < -0.39 is 59.2 Å². The molecule has 2 N–H and O–H groups in total. The van der Waals surface area contributed by atoms with E-state index in [1.807, 2.05) is 13.8 Å². The van der Waals surface area contributed by atoms with Crippen molar-refractivity contribution in [3.8, 4) is 0 Å². The number of benzene rings is 1. The van der Waals surface area contributed by atoms with E-state index in [1.165, 1.54) is 30.5 Å². The molecule has 2 aromatic rings. The van der Waals surface area contributed by atoms with Crippen LogP contribution in [0.2, 0.25) is 0 Å². The topological polar surface area (TPSA) is 121 Å². The molecule has 0 bridgehead atoms. The standard InChI is InChI=1S/C23H29F2N5O4S/c1-16(2)13-19(21(31)26-15-17-7-6-11-27-29-17)28-22(32)20-14-23(24,25)10-12-30(20)35(33,34)18-8-4-3-5-9-18/h3-9,11,16,19-20H,10,12-15H2,1-2H3,(H,26,31)(H,28,32). The fraction of sp³-hybridized carbons (Fsp3) is 0.478. The maximum atomic E-state index is 14.3. The van der Waals surface area contributed by atoms with E-state index >= 15 is 0 Å². The van der Waals surface area contributed by atoms with Crippen molar-refractivity contribution in [1.29, 1.82) is 0 Å².